The Morgan fingerprint density at radius 3 is 2.23 bits per heavy atom. The van der Waals surface area contributed by atoms with Gasteiger partial charge in [0.2, 0.25) is 5.91 Å². The summed E-state index contributed by atoms with van der Waals surface area (Å²) in [5.74, 6) is -2.61. The zero-order chi connectivity index (χ0) is 21.7. The number of amides is 2. The number of halogens is 1. The van der Waals surface area contributed by atoms with E-state index in [1.165, 1.54) is 0 Å². The van der Waals surface area contributed by atoms with Gasteiger partial charge in [0.05, 0.1) is 6.54 Å². The second-order valence-electron chi connectivity index (χ2n) is 8.36. The van der Waals surface area contributed by atoms with Gasteiger partial charge in [-0.05, 0) is 52.0 Å². The number of nitrogens with one attached hydrogen (secondary N) is 2. The molecule has 3 heterocycles. The first-order valence-corrected chi connectivity index (χ1v) is 10.5. The van der Waals surface area contributed by atoms with E-state index in [0.717, 1.165) is 4.47 Å². The van der Waals surface area contributed by atoms with Crippen molar-refractivity contribution in [2.24, 2.45) is 0 Å². The Hall–Kier alpha value is -1.56. The molecule has 0 radical (unpaired) electrons. The summed E-state index contributed by atoms with van der Waals surface area (Å²) in [6.07, 6.45) is -3.51. The molecule has 5 atom stereocenters. The molecule has 5 unspecified atom stereocenters. The van der Waals surface area contributed by atoms with Crippen molar-refractivity contribution >= 4 is 33.4 Å². The molecule has 30 heavy (non-hydrogen) atoms. The molecule has 9 nitrogen and oxygen atoms in total. The molecule has 2 N–H and O–H groups in total. The van der Waals surface area contributed by atoms with Crippen LogP contribution in [0.15, 0.2) is 28.7 Å². The minimum Gasteiger partial charge on any atom is -0.345 e. The van der Waals surface area contributed by atoms with Crippen LogP contribution in [0.4, 0.5) is 5.69 Å². The first kappa shape index (κ1) is 21.7. The second-order valence-corrected chi connectivity index (χ2v) is 9.28. The van der Waals surface area contributed by atoms with E-state index in [9.17, 15) is 9.59 Å². The third-order valence-corrected chi connectivity index (χ3v) is 5.49. The minimum absolute atomic E-state index is 0.215. The molecular weight excluding hydrogens is 460 g/mol. The Kier molecular flexibility index (Phi) is 5.67. The SMILES string of the molecule is CC1(C)OC2OC(C(=O)NCC(=O)Nc3ccc(Br)cc3)C3OC(C)(C)OC3C2O1. The summed E-state index contributed by atoms with van der Waals surface area (Å²) in [6.45, 7) is 6.86. The molecule has 3 aliphatic rings. The quantitative estimate of drug-likeness (QED) is 0.672. The number of ether oxygens (including phenoxy) is 5. The predicted molar refractivity (Wildman–Crippen MR) is 108 cm³/mol. The number of carbonyl (C=O) groups is 2. The van der Waals surface area contributed by atoms with Crippen LogP contribution < -0.4 is 10.6 Å². The van der Waals surface area contributed by atoms with Gasteiger partial charge in [-0.25, -0.2) is 0 Å². The van der Waals surface area contributed by atoms with E-state index in [1.54, 1.807) is 39.8 Å². The van der Waals surface area contributed by atoms with Crippen molar-refractivity contribution in [3.05, 3.63) is 28.7 Å². The molecule has 3 saturated heterocycles. The van der Waals surface area contributed by atoms with Gasteiger partial charge >= 0.3 is 0 Å². The zero-order valence-corrected chi connectivity index (χ0v) is 18.7. The lowest BCUT2D eigenvalue weighted by molar-refractivity contribution is -0.231. The van der Waals surface area contributed by atoms with Crippen molar-refractivity contribution in [1.29, 1.82) is 0 Å². The predicted octanol–water partition coefficient (Wildman–Crippen LogP) is 1.90. The Morgan fingerprint density at radius 1 is 0.933 bits per heavy atom. The van der Waals surface area contributed by atoms with Gasteiger partial charge in [-0.15, -0.1) is 0 Å². The lowest BCUT2D eigenvalue weighted by atomic mass is 9.98. The first-order chi connectivity index (χ1) is 14.0. The smallest absolute Gasteiger partial charge is 0.252 e. The molecule has 3 fully saturated rings. The molecule has 2 amide bonds. The maximum absolute atomic E-state index is 12.8. The standard InChI is InChI=1S/C20H25BrN2O7/c1-19(2)27-13-14(28-19)16-18(30-20(3,4)29-16)26-15(13)17(25)22-9-12(24)23-11-7-5-10(21)6-8-11/h5-8,13-16,18H,9H2,1-4H3,(H,22,25)(H,23,24). The summed E-state index contributed by atoms with van der Waals surface area (Å²) in [5.41, 5.74) is 0.627. The number of carbonyl (C=O) groups excluding carboxylic acids is 2. The highest BCUT2D eigenvalue weighted by molar-refractivity contribution is 9.10. The van der Waals surface area contributed by atoms with E-state index >= 15 is 0 Å². The third kappa shape index (κ3) is 4.53. The number of hydrogen-bond acceptors (Lipinski definition) is 7. The molecule has 0 saturated carbocycles. The summed E-state index contributed by atoms with van der Waals surface area (Å²) in [4.78, 5) is 25.1. The molecular formula is C20H25BrN2O7. The summed E-state index contributed by atoms with van der Waals surface area (Å²) >= 11 is 3.34. The molecule has 0 aromatic heterocycles. The van der Waals surface area contributed by atoms with E-state index < -0.39 is 48.2 Å². The van der Waals surface area contributed by atoms with Gasteiger partial charge < -0.3 is 34.3 Å². The molecule has 0 aliphatic carbocycles. The Balaban J connectivity index is 1.40. The molecule has 10 heteroatoms. The van der Waals surface area contributed by atoms with Crippen LogP contribution in [0.25, 0.3) is 0 Å². The first-order valence-electron chi connectivity index (χ1n) is 9.73. The van der Waals surface area contributed by atoms with E-state index in [4.69, 9.17) is 23.7 Å². The van der Waals surface area contributed by atoms with E-state index in [2.05, 4.69) is 26.6 Å². The van der Waals surface area contributed by atoms with Gasteiger partial charge in [0.1, 0.15) is 18.3 Å². The fourth-order valence-corrected chi connectivity index (χ4v) is 4.09. The van der Waals surface area contributed by atoms with Crippen LogP contribution in [0.2, 0.25) is 0 Å². The van der Waals surface area contributed by atoms with E-state index in [-0.39, 0.29) is 12.5 Å². The molecule has 0 spiro atoms. The summed E-state index contributed by atoms with van der Waals surface area (Å²) < 4.78 is 30.4. The van der Waals surface area contributed by atoms with Crippen LogP contribution in [-0.4, -0.2) is 60.6 Å². The highest BCUT2D eigenvalue weighted by Gasteiger charge is 2.62. The average molecular weight is 485 g/mol. The lowest BCUT2D eigenvalue weighted by Crippen LogP contribution is -2.59. The number of anilines is 1. The van der Waals surface area contributed by atoms with Gasteiger partial charge in [-0.2, -0.15) is 0 Å². The number of hydrogen-bond donors (Lipinski definition) is 2. The van der Waals surface area contributed by atoms with Crippen molar-refractivity contribution in [3.8, 4) is 0 Å². The van der Waals surface area contributed by atoms with Crippen molar-refractivity contribution in [3.63, 3.8) is 0 Å². The fourth-order valence-electron chi connectivity index (χ4n) is 3.83. The van der Waals surface area contributed by atoms with Crippen LogP contribution in [-0.2, 0) is 33.3 Å². The summed E-state index contributed by atoms with van der Waals surface area (Å²) in [5, 5.41) is 5.33. The highest BCUT2D eigenvalue weighted by atomic mass is 79.9. The minimum atomic E-state index is -1.00. The average Bonchev–Trinajstić information content (AvgIpc) is 3.14. The maximum atomic E-state index is 12.8. The second kappa shape index (κ2) is 7.85. The lowest BCUT2D eigenvalue weighted by Gasteiger charge is -2.36. The monoisotopic (exact) mass is 484 g/mol. The Morgan fingerprint density at radius 2 is 1.53 bits per heavy atom. The van der Waals surface area contributed by atoms with E-state index in [0.29, 0.717) is 5.69 Å². The van der Waals surface area contributed by atoms with Crippen LogP contribution in [0.3, 0.4) is 0 Å². The molecule has 1 aromatic carbocycles. The van der Waals surface area contributed by atoms with Gasteiger partial charge in [-0.3, -0.25) is 9.59 Å². The van der Waals surface area contributed by atoms with Crippen LogP contribution in [0, 0.1) is 0 Å². The Bertz CT molecular complexity index is 829. The van der Waals surface area contributed by atoms with Crippen molar-refractivity contribution in [2.75, 3.05) is 11.9 Å². The highest BCUT2D eigenvalue weighted by Crippen LogP contribution is 2.44. The third-order valence-electron chi connectivity index (χ3n) is 4.96. The van der Waals surface area contributed by atoms with Crippen LogP contribution >= 0.6 is 15.9 Å². The molecule has 1 aromatic rings. The molecule has 3 aliphatic heterocycles. The van der Waals surface area contributed by atoms with Gasteiger partial charge in [0.25, 0.3) is 5.91 Å². The Labute approximate surface area is 182 Å². The van der Waals surface area contributed by atoms with Crippen LogP contribution in [0.1, 0.15) is 27.7 Å². The fraction of sp³-hybridized carbons (Fsp3) is 0.600. The maximum Gasteiger partial charge on any atom is 0.252 e. The molecule has 164 valence electrons. The van der Waals surface area contributed by atoms with Gasteiger partial charge in [0, 0.05) is 10.2 Å². The van der Waals surface area contributed by atoms with Crippen molar-refractivity contribution in [1.82, 2.24) is 5.32 Å². The number of benzene rings is 1. The normalized spacial score (nSPS) is 33.4. The number of rotatable bonds is 4. The summed E-state index contributed by atoms with van der Waals surface area (Å²) in [6, 6.07) is 7.13. The van der Waals surface area contributed by atoms with Crippen molar-refractivity contribution in [2.45, 2.75) is 70.0 Å². The molecule has 0 bridgehead atoms. The largest absolute Gasteiger partial charge is 0.345 e. The van der Waals surface area contributed by atoms with E-state index in [1.807, 2.05) is 12.1 Å². The summed E-state index contributed by atoms with van der Waals surface area (Å²) in [7, 11) is 0. The van der Waals surface area contributed by atoms with Crippen LogP contribution in [0.5, 0.6) is 0 Å². The molecule has 4 rings (SSSR count). The number of fused-ring (bicyclic) bond motifs is 3. The topological polar surface area (TPSA) is 104 Å². The van der Waals surface area contributed by atoms with Gasteiger partial charge in [0.15, 0.2) is 24.0 Å². The zero-order valence-electron chi connectivity index (χ0n) is 17.1. The van der Waals surface area contributed by atoms with Crippen molar-refractivity contribution < 1.29 is 33.3 Å². The van der Waals surface area contributed by atoms with Gasteiger partial charge in [-0.1, -0.05) is 15.9 Å².